The summed E-state index contributed by atoms with van der Waals surface area (Å²) in [5.41, 5.74) is 5.59. The molecule has 1 aromatic carbocycles. The van der Waals surface area contributed by atoms with Gasteiger partial charge < -0.3 is 14.9 Å². The normalized spacial score (nSPS) is 10.8. The van der Waals surface area contributed by atoms with Gasteiger partial charge in [0.15, 0.2) is 5.75 Å². The van der Waals surface area contributed by atoms with Crippen molar-refractivity contribution in [2.24, 2.45) is 5.92 Å². The fourth-order valence-electron chi connectivity index (χ4n) is 1.52. The van der Waals surface area contributed by atoms with Gasteiger partial charge in [-0.05, 0) is 18.1 Å². The number of nitrogens with zero attached hydrogens (tertiary/aromatic N) is 3. The van der Waals surface area contributed by atoms with Crippen molar-refractivity contribution in [2.75, 3.05) is 12.3 Å². The first-order valence-corrected chi connectivity index (χ1v) is 5.98. The van der Waals surface area contributed by atoms with Gasteiger partial charge >= 0.3 is 11.7 Å². The van der Waals surface area contributed by atoms with Crippen molar-refractivity contribution < 1.29 is 14.1 Å². The topological polar surface area (TPSA) is 117 Å². The fraction of sp³-hybridized carbons (Fsp3) is 0.333. The van der Waals surface area contributed by atoms with Crippen LogP contribution in [0.25, 0.3) is 11.5 Å². The zero-order valence-electron chi connectivity index (χ0n) is 11.1. The Hall–Kier alpha value is -2.64. The predicted molar refractivity (Wildman–Crippen MR) is 71.1 cm³/mol. The second-order valence-electron chi connectivity index (χ2n) is 4.59. The molecule has 0 saturated heterocycles. The summed E-state index contributed by atoms with van der Waals surface area (Å²) < 4.78 is 10.5. The van der Waals surface area contributed by atoms with Crippen molar-refractivity contribution in [2.45, 2.75) is 13.8 Å². The Bertz CT molecular complexity index is 624. The number of nitrogens with two attached hydrogens (primary N) is 1. The Morgan fingerprint density at radius 2 is 2.20 bits per heavy atom. The smallest absolute Gasteiger partial charge is 0.313 e. The number of ether oxygens (including phenoxy) is 1. The average molecular weight is 278 g/mol. The summed E-state index contributed by atoms with van der Waals surface area (Å²) in [5, 5.41) is 18.3. The van der Waals surface area contributed by atoms with E-state index in [-0.39, 0.29) is 29.3 Å². The molecule has 2 N–H and O–H groups in total. The van der Waals surface area contributed by atoms with E-state index >= 15 is 0 Å². The van der Waals surface area contributed by atoms with Crippen LogP contribution in [-0.2, 0) is 0 Å². The Labute approximate surface area is 114 Å². The van der Waals surface area contributed by atoms with Gasteiger partial charge in [-0.1, -0.05) is 18.9 Å². The van der Waals surface area contributed by atoms with E-state index in [1.54, 1.807) is 6.07 Å². The highest BCUT2D eigenvalue weighted by Crippen LogP contribution is 2.32. The maximum atomic E-state index is 11.1. The average Bonchev–Trinajstić information content (AvgIpc) is 2.82. The summed E-state index contributed by atoms with van der Waals surface area (Å²) in [5.74, 6) is 0.603. The number of aromatic nitrogens is 2. The summed E-state index contributed by atoms with van der Waals surface area (Å²) >= 11 is 0. The minimum absolute atomic E-state index is 0.0946. The molecule has 0 atom stereocenters. The van der Waals surface area contributed by atoms with Crippen LogP contribution in [-0.4, -0.2) is 21.7 Å². The summed E-state index contributed by atoms with van der Waals surface area (Å²) in [6.45, 7) is 4.32. The van der Waals surface area contributed by atoms with Gasteiger partial charge in [0.2, 0.25) is 5.89 Å². The van der Waals surface area contributed by atoms with E-state index in [4.69, 9.17) is 14.9 Å². The molecule has 0 aliphatic heterocycles. The van der Waals surface area contributed by atoms with Crippen LogP contribution in [0.15, 0.2) is 22.6 Å². The third kappa shape index (κ3) is 3.02. The zero-order valence-corrected chi connectivity index (χ0v) is 11.1. The van der Waals surface area contributed by atoms with Crippen molar-refractivity contribution in [1.82, 2.24) is 10.2 Å². The molecule has 8 nitrogen and oxygen atoms in total. The molecule has 106 valence electrons. The summed E-state index contributed by atoms with van der Waals surface area (Å²) in [7, 11) is 0. The number of nitro groups is 1. The van der Waals surface area contributed by atoms with Gasteiger partial charge in [0.1, 0.15) is 0 Å². The van der Waals surface area contributed by atoms with Gasteiger partial charge in [0, 0.05) is 11.6 Å². The molecule has 20 heavy (non-hydrogen) atoms. The molecule has 1 heterocycles. The summed E-state index contributed by atoms with van der Waals surface area (Å²) in [4.78, 5) is 10.6. The SMILES string of the molecule is CC(C)COc1ccc(-c2nnc(N)o2)cc1[N+](=O)[O-]. The highest BCUT2D eigenvalue weighted by Gasteiger charge is 2.19. The number of nitro benzene ring substituents is 1. The number of hydrogen-bond donors (Lipinski definition) is 1. The molecule has 0 spiro atoms. The van der Waals surface area contributed by atoms with Gasteiger partial charge in [-0.2, -0.15) is 0 Å². The first-order valence-electron chi connectivity index (χ1n) is 5.98. The van der Waals surface area contributed by atoms with E-state index in [1.165, 1.54) is 12.1 Å². The first kappa shape index (κ1) is 13.8. The van der Waals surface area contributed by atoms with Gasteiger partial charge in [0.05, 0.1) is 11.5 Å². The van der Waals surface area contributed by atoms with E-state index in [0.717, 1.165) is 0 Å². The molecule has 0 saturated carbocycles. The first-order chi connectivity index (χ1) is 9.47. The van der Waals surface area contributed by atoms with E-state index in [9.17, 15) is 10.1 Å². The van der Waals surface area contributed by atoms with Crippen molar-refractivity contribution in [3.05, 3.63) is 28.3 Å². The highest BCUT2D eigenvalue weighted by atomic mass is 16.6. The van der Waals surface area contributed by atoms with Crippen LogP contribution in [0.4, 0.5) is 11.7 Å². The highest BCUT2D eigenvalue weighted by molar-refractivity contribution is 5.62. The molecule has 0 fully saturated rings. The molecule has 0 radical (unpaired) electrons. The molecule has 0 bridgehead atoms. The standard InChI is InChI=1S/C12H14N4O4/c1-7(2)6-19-10-4-3-8(5-9(10)16(17)18)11-14-15-12(13)20-11/h3-5,7H,6H2,1-2H3,(H2,13,15). The Kier molecular flexibility index (Phi) is 3.83. The molecule has 0 amide bonds. The van der Waals surface area contributed by atoms with Crippen LogP contribution in [0.5, 0.6) is 5.75 Å². The molecule has 2 rings (SSSR count). The van der Waals surface area contributed by atoms with Crippen LogP contribution in [0.3, 0.4) is 0 Å². The number of benzene rings is 1. The third-order valence-corrected chi connectivity index (χ3v) is 2.42. The van der Waals surface area contributed by atoms with Gasteiger partial charge in [-0.25, -0.2) is 0 Å². The van der Waals surface area contributed by atoms with Gasteiger partial charge in [0.25, 0.3) is 0 Å². The summed E-state index contributed by atoms with van der Waals surface area (Å²) in [6.07, 6.45) is 0. The van der Waals surface area contributed by atoms with Crippen LogP contribution >= 0.6 is 0 Å². The molecular weight excluding hydrogens is 264 g/mol. The van der Waals surface area contributed by atoms with Crippen LogP contribution in [0.1, 0.15) is 13.8 Å². The van der Waals surface area contributed by atoms with Crippen molar-refractivity contribution in [3.63, 3.8) is 0 Å². The maximum Gasteiger partial charge on any atom is 0.313 e. The largest absolute Gasteiger partial charge is 0.487 e. The quantitative estimate of drug-likeness (QED) is 0.658. The van der Waals surface area contributed by atoms with Crippen LogP contribution in [0.2, 0.25) is 0 Å². The lowest BCUT2D eigenvalue weighted by Gasteiger charge is -2.09. The molecule has 8 heteroatoms. The van der Waals surface area contributed by atoms with Crippen molar-refractivity contribution >= 4 is 11.7 Å². The third-order valence-electron chi connectivity index (χ3n) is 2.42. The van der Waals surface area contributed by atoms with Crippen LogP contribution in [0, 0.1) is 16.0 Å². The number of hydrogen-bond acceptors (Lipinski definition) is 7. The number of anilines is 1. The second kappa shape index (κ2) is 5.55. The van der Waals surface area contributed by atoms with Gasteiger partial charge in [-0.15, -0.1) is 5.10 Å². The minimum Gasteiger partial charge on any atom is -0.487 e. The molecule has 1 aromatic heterocycles. The minimum atomic E-state index is -0.515. The molecule has 0 aliphatic carbocycles. The number of nitrogen functional groups attached to an aromatic ring is 1. The van der Waals surface area contributed by atoms with Crippen molar-refractivity contribution in [3.8, 4) is 17.2 Å². The molecular formula is C12H14N4O4. The van der Waals surface area contributed by atoms with E-state index in [1.807, 2.05) is 13.8 Å². The Morgan fingerprint density at radius 3 is 2.75 bits per heavy atom. The lowest BCUT2D eigenvalue weighted by atomic mass is 10.2. The monoisotopic (exact) mass is 278 g/mol. The van der Waals surface area contributed by atoms with E-state index in [2.05, 4.69) is 10.2 Å². The summed E-state index contributed by atoms with van der Waals surface area (Å²) in [6, 6.07) is 4.34. The molecule has 2 aromatic rings. The van der Waals surface area contributed by atoms with E-state index in [0.29, 0.717) is 12.2 Å². The van der Waals surface area contributed by atoms with E-state index < -0.39 is 4.92 Å². The molecule has 0 unspecified atom stereocenters. The zero-order chi connectivity index (χ0) is 14.7. The molecule has 0 aliphatic rings. The van der Waals surface area contributed by atoms with Crippen LogP contribution < -0.4 is 10.5 Å². The fourth-order valence-corrected chi connectivity index (χ4v) is 1.52. The maximum absolute atomic E-state index is 11.1. The number of rotatable bonds is 5. The Balaban J connectivity index is 2.34. The predicted octanol–water partition coefficient (Wildman–Crippen LogP) is 2.26. The van der Waals surface area contributed by atoms with Crippen molar-refractivity contribution in [1.29, 1.82) is 0 Å². The lowest BCUT2D eigenvalue weighted by molar-refractivity contribution is -0.385. The lowest BCUT2D eigenvalue weighted by Crippen LogP contribution is -2.06. The van der Waals surface area contributed by atoms with Gasteiger partial charge in [-0.3, -0.25) is 10.1 Å². The Morgan fingerprint density at radius 1 is 1.45 bits per heavy atom. The second-order valence-corrected chi connectivity index (χ2v) is 4.59.